The van der Waals surface area contributed by atoms with Crippen molar-refractivity contribution in [1.29, 1.82) is 5.41 Å². The highest BCUT2D eigenvalue weighted by atomic mass is 16.2. The third kappa shape index (κ3) is 2.29. The van der Waals surface area contributed by atoms with E-state index in [0.717, 1.165) is 0 Å². The molecule has 1 heterocycles. The number of rotatable bonds is 1. The summed E-state index contributed by atoms with van der Waals surface area (Å²) in [6, 6.07) is -0.497. The molecule has 0 aliphatic carbocycles. The average Bonchev–Trinajstić information content (AvgIpc) is 2.21. The highest BCUT2D eigenvalue weighted by molar-refractivity contribution is 6.03. The molecule has 72 valence electrons. The van der Waals surface area contributed by atoms with Crippen molar-refractivity contribution < 1.29 is 4.79 Å². The van der Waals surface area contributed by atoms with Crippen LogP contribution in [-0.2, 0) is 4.79 Å². The van der Waals surface area contributed by atoms with Crippen LogP contribution in [0.15, 0.2) is 11.9 Å². The second-order valence-electron chi connectivity index (χ2n) is 2.96. The maximum absolute atomic E-state index is 11.2. The van der Waals surface area contributed by atoms with Gasteiger partial charge in [-0.15, -0.1) is 0 Å². The molecular weight excluding hydrogens is 168 g/mol. The van der Waals surface area contributed by atoms with Crippen molar-refractivity contribution in [3.05, 3.63) is 11.9 Å². The van der Waals surface area contributed by atoms with Gasteiger partial charge in [0.2, 0.25) is 5.91 Å². The number of carbonyl (C=O) groups excluding carboxylic acids is 1. The van der Waals surface area contributed by atoms with E-state index in [1.807, 2.05) is 0 Å². The van der Waals surface area contributed by atoms with Gasteiger partial charge in [-0.25, -0.2) is 0 Å². The molecule has 0 aromatic rings. The lowest BCUT2D eigenvalue weighted by Crippen LogP contribution is -2.38. The largest absolute Gasteiger partial charge is 0.392 e. The lowest BCUT2D eigenvalue weighted by molar-refractivity contribution is -0.121. The Balaban J connectivity index is 2.80. The average molecular weight is 182 g/mol. The van der Waals surface area contributed by atoms with Crippen molar-refractivity contribution in [1.82, 2.24) is 10.6 Å². The summed E-state index contributed by atoms with van der Waals surface area (Å²) in [5.74, 6) is -0.219. The molecule has 1 aliphatic heterocycles. The molecule has 5 heteroatoms. The topological polar surface area (TPSA) is 91.0 Å². The van der Waals surface area contributed by atoms with Gasteiger partial charge in [0.05, 0.1) is 17.5 Å². The molecule has 5 nitrogen and oxygen atoms in total. The van der Waals surface area contributed by atoms with Crippen molar-refractivity contribution in [3.8, 4) is 0 Å². The summed E-state index contributed by atoms with van der Waals surface area (Å²) in [5, 5.41) is 13.0. The van der Waals surface area contributed by atoms with Crippen molar-refractivity contribution in [2.24, 2.45) is 5.73 Å². The Morgan fingerprint density at radius 3 is 3.08 bits per heavy atom. The Labute approximate surface area is 76.9 Å². The number of nitrogens with one attached hydrogen (secondary N) is 3. The second-order valence-corrected chi connectivity index (χ2v) is 2.96. The molecule has 1 atom stereocenters. The van der Waals surface area contributed by atoms with Gasteiger partial charge < -0.3 is 21.8 Å². The number of hydrogen-bond donors (Lipinski definition) is 4. The third-order valence-electron chi connectivity index (χ3n) is 1.91. The quantitative estimate of drug-likeness (QED) is 0.432. The van der Waals surface area contributed by atoms with Crippen molar-refractivity contribution in [2.75, 3.05) is 7.05 Å². The normalized spacial score (nSPS) is 26.9. The molecule has 0 spiro atoms. The molecule has 1 aliphatic rings. The van der Waals surface area contributed by atoms with Crippen LogP contribution in [-0.4, -0.2) is 24.7 Å². The molecule has 1 amide bonds. The number of nitrogens with two attached hydrogens (primary N) is 1. The van der Waals surface area contributed by atoms with Crippen LogP contribution < -0.4 is 16.4 Å². The lowest BCUT2D eigenvalue weighted by Gasteiger charge is -2.06. The van der Waals surface area contributed by atoms with E-state index >= 15 is 0 Å². The van der Waals surface area contributed by atoms with Crippen LogP contribution in [0.3, 0.4) is 0 Å². The smallest absolute Gasteiger partial charge is 0.241 e. The molecule has 0 aromatic heterocycles. The predicted molar refractivity (Wildman–Crippen MR) is 50.2 cm³/mol. The summed E-state index contributed by atoms with van der Waals surface area (Å²) in [4.78, 5) is 11.2. The van der Waals surface area contributed by atoms with E-state index in [-0.39, 0.29) is 5.91 Å². The summed E-state index contributed by atoms with van der Waals surface area (Å²) < 4.78 is 0. The Bertz CT molecular complexity index is 259. The number of allylic oxidation sites excluding steroid dienone is 1. The van der Waals surface area contributed by atoms with Gasteiger partial charge in [0.15, 0.2) is 0 Å². The van der Waals surface area contributed by atoms with Gasteiger partial charge in [0.25, 0.3) is 0 Å². The Hall–Kier alpha value is -1.36. The first-order valence-corrected chi connectivity index (χ1v) is 4.17. The zero-order valence-electron chi connectivity index (χ0n) is 7.55. The first-order chi connectivity index (χ1) is 6.15. The third-order valence-corrected chi connectivity index (χ3v) is 1.91. The van der Waals surface area contributed by atoms with Gasteiger partial charge in [-0.05, 0) is 12.8 Å². The molecule has 1 fully saturated rings. The maximum Gasteiger partial charge on any atom is 0.241 e. The van der Waals surface area contributed by atoms with Crippen LogP contribution in [0.4, 0.5) is 0 Å². The monoisotopic (exact) mass is 182 g/mol. The minimum atomic E-state index is -0.497. The van der Waals surface area contributed by atoms with E-state index in [9.17, 15) is 4.79 Å². The Morgan fingerprint density at radius 1 is 1.77 bits per heavy atom. The maximum atomic E-state index is 11.2. The highest BCUT2D eigenvalue weighted by Gasteiger charge is 2.21. The van der Waals surface area contributed by atoms with Crippen molar-refractivity contribution >= 4 is 11.6 Å². The molecule has 1 unspecified atom stereocenters. The molecule has 13 heavy (non-hydrogen) atoms. The molecule has 1 rings (SSSR count). The summed E-state index contributed by atoms with van der Waals surface area (Å²) in [6.07, 6.45) is 2.66. The first kappa shape index (κ1) is 9.73. The van der Waals surface area contributed by atoms with E-state index in [1.165, 1.54) is 0 Å². The summed E-state index contributed by atoms with van der Waals surface area (Å²) in [7, 11) is 1.72. The lowest BCUT2D eigenvalue weighted by atomic mass is 10.1. The van der Waals surface area contributed by atoms with Gasteiger partial charge in [-0.2, -0.15) is 0 Å². The summed E-state index contributed by atoms with van der Waals surface area (Å²) >= 11 is 0. The second kappa shape index (κ2) is 4.04. The van der Waals surface area contributed by atoms with Gasteiger partial charge in [-0.3, -0.25) is 4.79 Å². The zero-order chi connectivity index (χ0) is 9.84. The van der Waals surface area contributed by atoms with E-state index in [0.29, 0.717) is 24.3 Å². The molecule has 0 aromatic carbocycles. The van der Waals surface area contributed by atoms with Crippen LogP contribution in [0.25, 0.3) is 0 Å². The van der Waals surface area contributed by atoms with Crippen molar-refractivity contribution in [3.63, 3.8) is 0 Å². The molecule has 5 N–H and O–H groups in total. The van der Waals surface area contributed by atoms with Gasteiger partial charge >= 0.3 is 0 Å². The Morgan fingerprint density at radius 2 is 2.46 bits per heavy atom. The van der Waals surface area contributed by atoms with E-state index < -0.39 is 6.04 Å². The van der Waals surface area contributed by atoms with Crippen LogP contribution >= 0.6 is 0 Å². The van der Waals surface area contributed by atoms with E-state index in [2.05, 4.69) is 10.6 Å². The van der Waals surface area contributed by atoms with Crippen LogP contribution in [0.1, 0.15) is 12.8 Å². The number of hydrogen-bond acceptors (Lipinski definition) is 4. The van der Waals surface area contributed by atoms with Crippen molar-refractivity contribution in [2.45, 2.75) is 18.9 Å². The van der Waals surface area contributed by atoms with Crippen LogP contribution in [0.2, 0.25) is 0 Å². The minimum absolute atomic E-state index is 0.219. The van der Waals surface area contributed by atoms with E-state index in [4.69, 9.17) is 11.1 Å². The van der Waals surface area contributed by atoms with Gasteiger partial charge in [0, 0.05) is 13.2 Å². The zero-order valence-corrected chi connectivity index (χ0v) is 7.55. The Kier molecular flexibility index (Phi) is 3.02. The molecular formula is C8H14N4O. The molecule has 1 saturated heterocycles. The summed E-state index contributed by atoms with van der Waals surface area (Å²) in [5.41, 5.74) is 6.47. The first-order valence-electron chi connectivity index (χ1n) is 4.17. The molecule has 0 saturated carbocycles. The fourth-order valence-corrected chi connectivity index (χ4v) is 1.13. The van der Waals surface area contributed by atoms with Crippen LogP contribution in [0, 0.1) is 5.41 Å². The highest BCUT2D eigenvalue weighted by Crippen LogP contribution is 2.07. The molecule has 0 bridgehead atoms. The SMILES string of the molecule is CN/C=C1/NC(=O)C(N)CCC1=N. The van der Waals surface area contributed by atoms with E-state index in [1.54, 1.807) is 13.2 Å². The number of carbonyl (C=O) groups is 1. The summed E-state index contributed by atoms with van der Waals surface area (Å²) in [6.45, 7) is 0. The fourth-order valence-electron chi connectivity index (χ4n) is 1.13. The molecule has 0 radical (unpaired) electrons. The minimum Gasteiger partial charge on any atom is -0.392 e. The van der Waals surface area contributed by atoms with Gasteiger partial charge in [0.1, 0.15) is 0 Å². The number of amides is 1. The predicted octanol–water partition coefficient (Wildman–Crippen LogP) is -0.696. The van der Waals surface area contributed by atoms with Gasteiger partial charge in [-0.1, -0.05) is 0 Å². The standard InChI is InChI=1S/C8H14N4O/c1-11-4-7-5(9)2-3-6(10)8(13)12-7/h4,6,9,11H,2-3,10H2,1H3,(H,12,13)/b7-4+,9-5?. The fraction of sp³-hybridized carbons (Fsp3) is 0.500. The van der Waals surface area contributed by atoms with Crippen LogP contribution in [0.5, 0.6) is 0 Å².